The molecule has 2 aliphatic heterocycles. The van der Waals surface area contributed by atoms with Gasteiger partial charge in [0.2, 0.25) is 11.8 Å². The smallest absolute Gasteiger partial charge is 0.247 e. The molecule has 2 amide bonds. The second-order valence-corrected chi connectivity index (χ2v) is 10.6. The SMILES string of the molecule is C=CC(=O)Nc1ccccc1CCC1=CCC=C2CC(c3cc(C)cc(O)c3)CC(=O)N(CC3CC3)C2=N1. The third kappa shape index (κ3) is 6.13. The lowest BCUT2D eigenvalue weighted by Gasteiger charge is -2.23. The van der Waals surface area contributed by atoms with Gasteiger partial charge >= 0.3 is 0 Å². The van der Waals surface area contributed by atoms with Crippen molar-refractivity contribution in [2.45, 2.75) is 57.8 Å². The van der Waals surface area contributed by atoms with Gasteiger partial charge in [0.15, 0.2) is 0 Å². The van der Waals surface area contributed by atoms with Crippen LogP contribution in [0.4, 0.5) is 5.69 Å². The lowest BCUT2D eigenvalue weighted by atomic mass is 9.88. The Morgan fingerprint density at radius 1 is 1.16 bits per heavy atom. The number of aryl methyl sites for hydroxylation is 2. The Hall–Kier alpha value is -3.93. The summed E-state index contributed by atoms with van der Waals surface area (Å²) >= 11 is 0. The first-order chi connectivity index (χ1) is 18.4. The van der Waals surface area contributed by atoms with Gasteiger partial charge in [-0.3, -0.25) is 14.5 Å². The van der Waals surface area contributed by atoms with E-state index >= 15 is 0 Å². The highest BCUT2D eigenvalue weighted by Crippen LogP contribution is 2.38. The Bertz CT molecular complexity index is 1330. The van der Waals surface area contributed by atoms with Crippen LogP contribution in [-0.2, 0) is 16.0 Å². The number of nitrogens with one attached hydrogen (secondary N) is 1. The van der Waals surface area contributed by atoms with E-state index < -0.39 is 0 Å². The fourth-order valence-corrected chi connectivity index (χ4v) is 5.34. The summed E-state index contributed by atoms with van der Waals surface area (Å²) in [6.07, 6.45) is 11.2. The number of carbonyl (C=O) groups excluding carboxylic acids is 2. The number of aromatic hydroxyl groups is 1. The number of phenolic OH excluding ortho intramolecular Hbond substituents is 1. The molecule has 2 N–H and O–H groups in total. The first-order valence-electron chi connectivity index (χ1n) is 13.5. The normalized spacial score (nSPS) is 19.4. The van der Waals surface area contributed by atoms with E-state index in [1.165, 1.54) is 6.08 Å². The Labute approximate surface area is 224 Å². The first kappa shape index (κ1) is 25.7. The molecule has 6 heteroatoms. The Balaban J connectivity index is 1.41. The maximum absolute atomic E-state index is 13.6. The van der Waals surface area contributed by atoms with Crippen LogP contribution in [0.3, 0.4) is 0 Å². The van der Waals surface area contributed by atoms with E-state index in [0.717, 1.165) is 58.7 Å². The lowest BCUT2D eigenvalue weighted by Crippen LogP contribution is -2.38. The van der Waals surface area contributed by atoms with Gasteiger partial charge in [-0.15, -0.1) is 0 Å². The largest absolute Gasteiger partial charge is 0.508 e. The molecule has 196 valence electrons. The Morgan fingerprint density at radius 2 is 1.97 bits per heavy atom. The number of amidine groups is 1. The molecule has 1 saturated heterocycles. The number of phenols is 1. The monoisotopic (exact) mass is 509 g/mol. The average Bonchev–Trinajstić information content (AvgIpc) is 3.73. The number of anilines is 1. The Morgan fingerprint density at radius 3 is 2.74 bits per heavy atom. The van der Waals surface area contributed by atoms with E-state index in [1.807, 2.05) is 36.1 Å². The maximum Gasteiger partial charge on any atom is 0.247 e. The molecule has 6 nitrogen and oxygen atoms in total. The van der Waals surface area contributed by atoms with Crippen LogP contribution >= 0.6 is 0 Å². The zero-order valence-electron chi connectivity index (χ0n) is 22.0. The van der Waals surface area contributed by atoms with E-state index in [0.29, 0.717) is 38.1 Å². The van der Waals surface area contributed by atoms with Crippen molar-refractivity contribution < 1.29 is 14.7 Å². The molecule has 38 heavy (non-hydrogen) atoms. The molecular formula is C32H35N3O3. The molecule has 0 bridgehead atoms. The van der Waals surface area contributed by atoms with Crippen LogP contribution in [0.25, 0.3) is 0 Å². The molecular weight excluding hydrogens is 474 g/mol. The molecule has 1 saturated carbocycles. The van der Waals surface area contributed by atoms with Gasteiger partial charge in [0, 0.05) is 24.4 Å². The second kappa shape index (κ2) is 11.2. The first-order valence-corrected chi connectivity index (χ1v) is 13.5. The molecule has 2 aromatic rings. The molecule has 0 aromatic heterocycles. The number of benzene rings is 2. The maximum atomic E-state index is 13.6. The molecule has 2 fully saturated rings. The van der Waals surface area contributed by atoms with Gasteiger partial charge in [-0.05, 0) is 104 Å². The number of nitrogens with zero attached hydrogens (tertiary/aromatic N) is 2. The zero-order valence-corrected chi connectivity index (χ0v) is 22.0. The molecule has 1 atom stereocenters. The number of rotatable bonds is 8. The standard InChI is InChI=1S/C32H35N3O3/c1-3-30(37)34-29-10-5-4-7-23(29)13-14-27-9-6-8-24-17-26(25-15-21(2)16-28(36)18-25)19-31(38)35(32(24)33-27)20-22-11-12-22/h3-5,7-10,15-16,18,22,26,36H,1,6,11-14,17,19-20H2,2H3,(H,34,37). The molecule has 1 unspecified atom stereocenters. The summed E-state index contributed by atoms with van der Waals surface area (Å²) in [5.41, 5.74) is 5.86. The van der Waals surface area contributed by atoms with Gasteiger partial charge in [-0.1, -0.05) is 43.0 Å². The van der Waals surface area contributed by atoms with Crippen molar-refractivity contribution in [1.29, 1.82) is 0 Å². The summed E-state index contributed by atoms with van der Waals surface area (Å²) in [6, 6.07) is 13.4. The molecule has 0 radical (unpaired) electrons. The highest BCUT2D eigenvalue weighted by atomic mass is 16.3. The van der Waals surface area contributed by atoms with Crippen molar-refractivity contribution in [1.82, 2.24) is 4.90 Å². The summed E-state index contributed by atoms with van der Waals surface area (Å²) in [5.74, 6) is 1.43. The number of fused-ring (bicyclic) bond motifs is 1. The second-order valence-electron chi connectivity index (χ2n) is 10.6. The van der Waals surface area contributed by atoms with Crippen LogP contribution in [0.5, 0.6) is 5.75 Å². The zero-order chi connectivity index (χ0) is 26.6. The number of amides is 2. The number of likely N-dealkylation sites (tertiary alicyclic amines) is 1. The molecule has 5 rings (SSSR count). The van der Waals surface area contributed by atoms with Gasteiger partial charge < -0.3 is 10.4 Å². The van der Waals surface area contributed by atoms with Crippen molar-refractivity contribution >= 4 is 23.3 Å². The molecule has 2 aromatic carbocycles. The van der Waals surface area contributed by atoms with Crippen molar-refractivity contribution in [3.8, 4) is 5.75 Å². The van der Waals surface area contributed by atoms with Crippen LogP contribution < -0.4 is 5.32 Å². The van der Waals surface area contributed by atoms with Gasteiger partial charge in [0.05, 0.1) is 0 Å². The molecule has 1 aliphatic carbocycles. The average molecular weight is 510 g/mol. The van der Waals surface area contributed by atoms with Gasteiger partial charge in [-0.25, -0.2) is 4.99 Å². The highest BCUT2D eigenvalue weighted by molar-refractivity contribution is 6.09. The number of carbonyl (C=O) groups is 2. The highest BCUT2D eigenvalue weighted by Gasteiger charge is 2.36. The van der Waals surface area contributed by atoms with Crippen LogP contribution in [0.2, 0.25) is 0 Å². The van der Waals surface area contributed by atoms with Crippen molar-refractivity contribution in [3.05, 3.63) is 95.2 Å². The molecule has 2 heterocycles. The summed E-state index contributed by atoms with van der Waals surface area (Å²) in [7, 11) is 0. The van der Waals surface area contributed by atoms with E-state index in [9.17, 15) is 14.7 Å². The summed E-state index contributed by atoms with van der Waals surface area (Å²) in [4.78, 5) is 32.6. The minimum atomic E-state index is -0.232. The van der Waals surface area contributed by atoms with Crippen molar-refractivity contribution in [3.63, 3.8) is 0 Å². The van der Waals surface area contributed by atoms with Gasteiger partial charge in [0.1, 0.15) is 11.6 Å². The quantitative estimate of drug-likeness (QED) is 0.417. The topological polar surface area (TPSA) is 82.0 Å². The Kier molecular flexibility index (Phi) is 7.59. The summed E-state index contributed by atoms with van der Waals surface area (Å²) < 4.78 is 0. The van der Waals surface area contributed by atoms with E-state index in [1.54, 1.807) is 12.1 Å². The third-order valence-corrected chi connectivity index (χ3v) is 7.50. The van der Waals surface area contributed by atoms with E-state index in [2.05, 4.69) is 30.1 Å². The number of hydrogen-bond acceptors (Lipinski definition) is 4. The van der Waals surface area contributed by atoms with Gasteiger partial charge in [0.25, 0.3) is 0 Å². The third-order valence-electron chi connectivity index (χ3n) is 7.50. The fraction of sp³-hybridized carbons (Fsp3) is 0.344. The number of para-hydroxylation sites is 1. The predicted octanol–water partition coefficient (Wildman–Crippen LogP) is 6.19. The predicted molar refractivity (Wildman–Crippen MR) is 151 cm³/mol. The van der Waals surface area contributed by atoms with E-state index in [-0.39, 0.29) is 23.5 Å². The molecule has 3 aliphatic rings. The summed E-state index contributed by atoms with van der Waals surface area (Å²) in [5, 5.41) is 13.1. The van der Waals surface area contributed by atoms with E-state index in [4.69, 9.17) is 4.99 Å². The molecule has 0 spiro atoms. The lowest BCUT2D eigenvalue weighted by molar-refractivity contribution is -0.127. The number of hydrogen-bond donors (Lipinski definition) is 2. The van der Waals surface area contributed by atoms with Crippen LogP contribution in [0, 0.1) is 12.8 Å². The minimum absolute atomic E-state index is 0.00384. The van der Waals surface area contributed by atoms with Crippen molar-refractivity contribution in [2.75, 3.05) is 11.9 Å². The van der Waals surface area contributed by atoms with Crippen LogP contribution in [0.15, 0.2) is 83.5 Å². The summed E-state index contributed by atoms with van der Waals surface area (Å²) in [6.45, 7) is 6.23. The van der Waals surface area contributed by atoms with Crippen LogP contribution in [-0.4, -0.2) is 34.2 Å². The van der Waals surface area contributed by atoms with Crippen molar-refractivity contribution in [2.24, 2.45) is 10.9 Å². The number of aliphatic imine (C=N–C) groups is 1. The number of allylic oxidation sites excluding steroid dienone is 3. The van der Waals surface area contributed by atoms with Gasteiger partial charge in [-0.2, -0.15) is 0 Å². The van der Waals surface area contributed by atoms with Crippen LogP contribution in [0.1, 0.15) is 61.1 Å². The fourth-order valence-electron chi connectivity index (χ4n) is 5.34. The minimum Gasteiger partial charge on any atom is -0.508 e.